The predicted octanol–water partition coefficient (Wildman–Crippen LogP) is 2.02. The fourth-order valence-electron chi connectivity index (χ4n) is 4.15. The quantitative estimate of drug-likeness (QED) is 0.909. The summed E-state index contributed by atoms with van der Waals surface area (Å²) in [5, 5.41) is 8.15. The molecule has 22 heavy (non-hydrogen) atoms. The molecule has 1 aromatic heterocycles. The van der Waals surface area contributed by atoms with Crippen LogP contribution < -0.4 is 5.32 Å². The maximum Gasteiger partial charge on any atom is 0.244 e. The van der Waals surface area contributed by atoms with Crippen LogP contribution in [0, 0.1) is 13.8 Å². The molecule has 122 valence electrons. The lowest BCUT2D eigenvalue weighted by atomic mass is 9.81. The van der Waals surface area contributed by atoms with Gasteiger partial charge in [0, 0.05) is 23.8 Å². The molecule has 1 N–H and O–H groups in total. The number of fused-ring (bicyclic) bond motifs is 1. The molecular weight excluding hydrogens is 276 g/mol. The van der Waals surface area contributed by atoms with Gasteiger partial charge in [-0.2, -0.15) is 5.10 Å². The maximum absolute atomic E-state index is 12.9. The summed E-state index contributed by atoms with van der Waals surface area (Å²) in [6.45, 7) is 8.62. The van der Waals surface area contributed by atoms with Crippen molar-refractivity contribution in [3.05, 3.63) is 17.5 Å². The molecule has 0 saturated carbocycles. The zero-order valence-electron chi connectivity index (χ0n) is 14.1. The fourth-order valence-corrected chi connectivity index (χ4v) is 4.15. The van der Waals surface area contributed by atoms with Crippen LogP contribution in [0.1, 0.15) is 50.4 Å². The van der Waals surface area contributed by atoms with Crippen LogP contribution in [-0.4, -0.2) is 45.3 Å². The number of hydrogen-bond donors (Lipinski definition) is 1. The topological polar surface area (TPSA) is 50.2 Å². The van der Waals surface area contributed by atoms with Crippen LogP contribution in [0.2, 0.25) is 0 Å². The molecule has 0 radical (unpaired) electrons. The van der Waals surface area contributed by atoms with Gasteiger partial charge in [-0.05, 0) is 59.1 Å². The van der Waals surface area contributed by atoms with E-state index in [-0.39, 0.29) is 11.4 Å². The number of aromatic nitrogens is 2. The van der Waals surface area contributed by atoms with Crippen LogP contribution in [0.3, 0.4) is 0 Å². The lowest BCUT2D eigenvalue weighted by molar-refractivity contribution is -0.138. The van der Waals surface area contributed by atoms with E-state index in [1.165, 1.54) is 19.3 Å². The molecule has 0 aromatic carbocycles. The molecular formula is C17H28N4O. The van der Waals surface area contributed by atoms with E-state index < -0.39 is 0 Å². The zero-order valence-corrected chi connectivity index (χ0v) is 14.1. The smallest absolute Gasteiger partial charge is 0.244 e. The van der Waals surface area contributed by atoms with Crippen molar-refractivity contribution in [2.75, 3.05) is 13.1 Å². The molecule has 2 aliphatic heterocycles. The molecule has 2 aliphatic rings. The number of hydrogen-bond acceptors (Lipinski definition) is 3. The Labute approximate surface area is 133 Å². The summed E-state index contributed by atoms with van der Waals surface area (Å²) < 4.78 is 1.84. The third kappa shape index (κ3) is 2.91. The monoisotopic (exact) mass is 304 g/mol. The van der Waals surface area contributed by atoms with Gasteiger partial charge in [0.15, 0.2) is 0 Å². The summed E-state index contributed by atoms with van der Waals surface area (Å²) in [5.74, 6) is 0.214. The number of likely N-dealkylation sites (tertiary alicyclic amines) is 1. The van der Waals surface area contributed by atoms with Crippen molar-refractivity contribution in [2.24, 2.45) is 0 Å². The first-order valence-corrected chi connectivity index (χ1v) is 8.55. The molecule has 1 amide bonds. The third-order valence-electron chi connectivity index (χ3n) is 5.35. The average molecular weight is 304 g/mol. The first kappa shape index (κ1) is 15.5. The minimum absolute atomic E-state index is 0.0828. The lowest BCUT2D eigenvalue weighted by Crippen LogP contribution is -2.63. The van der Waals surface area contributed by atoms with Crippen molar-refractivity contribution >= 4 is 5.91 Å². The van der Waals surface area contributed by atoms with Gasteiger partial charge < -0.3 is 10.2 Å². The summed E-state index contributed by atoms with van der Waals surface area (Å²) in [4.78, 5) is 15.0. The second kappa shape index (κ2) is 6.03. The minimum Gasteiger partial charge on any atom is -0.336 e. The molecule has 2 atom stereocenters. The molecule has 5 nitrogen and oxygen atoms in total. The highest BCUT2D eigenvalue weighted by atomic mass is 16.2. The number of aryl methyl sites for hydroxylation is 2. The van der Waals surface area contributed by atoms with Gasteiger partial charge in [-0.3, -0.25) is 9.48 Å². The first-order valence-electron chi connectivity index (χ1n) is 8.55. The van der Waals surface area contributed by atoms with Crippen LogP contribution in [0.25, 0.3) is 0 Å². The molecule has 2 fully saturated rings. The van der Waals surface area contributed by atoms with Gasteiger partial charge in [-0.25, -0.2) is 0 Å². The summed E-state index contributed by atoms with van der Waals surface area (Å²) in [6, 6.07) is 2.36. The molecule has 0 unspecified atom stereocenters. The number of rotatable bonds is 2. The number of amides is 1. The molecule has 5 heteroatoms. The van der Waals surface area contributed by atoms with Gasteiger partial charge in [0.1, 0.15) is 6.54 Å². The SMILES string of the molecule is Cc1cc(C)n(CC(=O)N2CCC[C@]3(C)NCCCC[C@H]23)n1. The second-order valence-electron chi connectivity index (χ2n) is 7.13. The highest BCUT2D eigenvalue weighted by Crippen LogP contribution is 2.33. The second-order valence-corrected chi connectivity index (χ2v) is 7.13. The van der Waals surface area contributed by atoms with Gasteiger partial charge in [0.05, 0.1) is 5.69 Å². The normalized spacial score (nSPS) is 29.0. The number of carbonyl (C=O) groups is 1. The summed E-state index contributed by atoms with van der Waals surface area (Å²) >= 11 is 0. The van der Waals surface area contributed by atoms with E-state index in [2.05, 4.69) is 22.2 Å². The number of nitrogens with one attached hydrogen (secondary N) is 1. The van der Waals surface area contributed by atoms with E-state index in [4.69, 9.17) is 0 Å². The van der Waals surface area contributed by atoms with Gasteiger partial charge >= 0.3 is 0 Å². The fraction of sp³-hybridized carbons (Fsp3) is 0.765. The Bertz CT molecular complexity index is 553. The Balaban J connectivity index is 1.77. The zero-order chi connectivity index (χ0) is 15.7. The van der Waals surface area contributed by atoms with Crippen molar-refractivity contribution in [2.45, 2.75) is 71.0 Å². The summed E-state index contributed by atoms with van der Waals surface area (Å²) in [6.07, 6.45) is 5.79. The first-order chi connectivity index (χ1) is 10.5. The Kier molecular flexibility index (Phi) is 4.26. The standard InChI is InChI=1S/C17H28N4O/c1-13-11-14(2)21(19-13)12-16(22)20-10-6-8-17(3)15(20)7-4-5-9-18-17/h11,15,18H,4-10,12H2,1-3H3/t15-,17-/m0/s1. The van der Waals surface area contributed by atoms with Gasteiger partial charge in [0.2, 0.25) is 5.91 Å². The van der Waals surface area contributed by atoms with Crippen molar-refractivity contribution < 1.29 is 4.79 Å². The van der Waals surface area contributed by atoms with E-state index in [1.54, 1.807) is 0 Å². The Hall–Kier alpha value is -1.36. The Morgan fingerprint density at radius 2 is 2.23 bits per heavy atom. The highest BCUT2D eigenvalue weighted by Gasteiger charge is 2.43. The minimum atomic E-state index is 0.0828. The van der Waals surface area contributed by atoms with Crippen LogP contribution in [0.5, 0.6) is 0 Å². The van der Waals surface area contributed by atoms with Crippen LogP contribution in [0.15, 0.2) is 6.07 Å². The predicted molar refractivity (Wildman–Crippen MR) is 86.7 cm³/mol. The highest BCUT2D eigenvalue weighted by molar-refractivity contribution is 5.76. The van der Waals surface area contributed by atoms with Crippen LogP contribution >= 0.6 is 0 Å². The van der Waals surface area contributed by atoms with E-state index in [0.29, 0.717) is 12.6 Å². The average Bonchev–Trinajstić information content (AvgIpc) is 2.67. The Morgan fingerprint density at radius 1 is 1.41 bits per heavy atom. The van der Waals surface area contributed by atoms with Gasteiger partial charge in [0.25, 0.3) is 0 Å². The summed E-state index contributed by atoms with van der Waals surface area (Å²) in [7, 11) is 0. The number of carbonyl (C=O) groups excluding carboxylic acids is 1. The van der Waals surface area contributed by atoms with Crippen molar-refractivity contribution in [3.8, 4) is 0 Å². The van der Waals surface area contributed by atoms with E-state index in [9.17, 15) is 4.79 Å². The van der Waals surface area contributed by atoms with Gasteiger partial charge in [-0.1, -0.05) is 6.42 Å². The molecule has 0 bridgehead atoms. The van der Waals surface area contributed by atoms with Crippen LogP contribution in [-0.2, 0) is 11.3 Å². The number of nitrogens with zero attached hydrogens (tertiary/aromatic N) is 3. The van der Waals surface area contributed by atoms with Crippen molar-refractivity contribution in [3.63, 3.8) is 0 Å². The third-order valence-corrected chi connectivity index (χ3v) is 5.35. The Morgan fingerprint density at radius 3 is 2.95 bits per heavy atom. The molecule has 3 rings (SSSR count). The number of piperidine rings is 1. The molecule has 1 aromatic rings. The lowest BCUT2D eigenvalue weighted by Gasteiger charge is -2.48. The molecule has 0 spiro atoms. The van der Waals surface area contributed by atoms with Crippen LogP contribution in [0.4, 0.5) is 0 Å². The van der Waals surface area contributed by atoms with Crippen molar-refractivity contribution in [1.29, 1.82) is 0 Å². The maximum atomic E-state index is 12.9. The van der Waals surface area contributed by atoms with Gasteiger partial charge in [-0.15, -0.1) is 0 Å². The summed E-state index contributed by atoms with van der Waals surface area (Å²) in [5.41, 5.74) is 2.12. The van der Waals surface area contributed by atoms with E-state index in [1.807, 2.05) is 24.6 Å². The largest absolute Gasteiger partial charge is 0.336 e. The molecule has 3 heterocycles. The van der Waals surface area contributed by atoms with Crippen molar-refractivity contribution in [1.82, 2.24) is 20.0 Å². The molecule has 2 saturated heterocycles. The van der Waals surface area contributed by atoms with E-state index in [0.717, 1.165) is 37.3 Å². The van der Waals surface area contributed by atoms with E-state index >= 15 is 0 Å². The molecule has 0 aliphatic carbocycles.